The number of esters is 1. The Morgan fingerprint density at radius 3 is 1.80 bits per heavy atom. The second-order valence-electron chi connectivity index (χ2n) is 17.5. The maximum absolute atomic E-state index is 14.2. The van der Waals surface area contributed by atoms with Crippen LogP contribution >= 0.6 is 0 Å². The zero-order valence-corrected chi connectivity index (χ0v) is 36.4. The number of rotatable bonds is 17. The number of hydrogen-bond acceptors (Lipinski definition) is 11. The number of carbonyl (C=O) groups excluding carboxylic acids is 7. The minimum absolute atomic E-state index is 0.00767. The van der Waals surface area contributed by atoms with Crippen molar-refractivity contribution in [1.82, 2.24) is 31.5 Å². The van der Waals surface area contributed by atoms with Gasteiger partial charge in [0.1, 0.15) is 40.5 Å². The highest BCUT2D eigenvalue weighted by molar-refractivity contribution is 5.94. The molecule has 0 saturated carbocycles. The van der Waals surface area contributed by atoms with E-state index in [1.807, 2.05) is 6.07 Å². The predicted molar refractivity (Wildman–Crippen MR) is 220 cm³/mol. The van der Waals surface area contributed by atoms with Crippen molar-refractivity contribution in [2.45, 2.75) is 148 Å². The summed E-state index contributed by atoms with van der Waals surface area (Å²) in [5, 5.41) is 13.5. The maximum Gasteiger partial charge on any atom is 0.408 e. The Labute approximate surface area is 348 Å². The molecule has 59 heavy (non-hydrogen) atoms. The second-order valence-corrected chi connectivity index (χ2v) is 17.5. The van der Waals surface area contributed by atoms with E-state index in [0.29, 0.717) is 12.8 Å². The van der Waals surface area contributed by atoms with Gasteiger partial charge in [-0.1, -0.05) is 36.4 Å². The van der Waals surface area contributed by atoms with Gasteiger partial charge in [-0.25, -0.2) is 19.2 Å². The number of unbranched alkanes of at least 4 members (excludes halogenated alkanes) is 1. The minimum Gasteiger partial charge on any atom is -0.467 e. The Morgan fingerprint density at radius 2 is 1.25 bits per heavy atom. The molecule has 1 aliphatic rings. The number of likely N-dealkylation sites (tertiary alicyclic amines) is 1. The number of benzene rings is 1. The van der Waals surface area contributed by atoms with Crippen LogP contribution in [0.5, 0.6) is 0 Å². The number of nitrogens with zero attached hydrogens (tertiary/aromatic N) is 1. The highest BCUT2D eigenvalue weighted by Crippen LogP contribution is 2.26. The Kier molecular flexibility index (Phi) is 18.7. The van der Waals surface area contributed by atoms with E-state index in [9.17, 15) is 33.6 Å². The average Bonchev–Trinajstić information content (AvgIpc) is 3.11. The van der Waals surface area contributed by atoms with Crippen molar-refractivity contribution in [2.24, 2.45) is 0 Å². The molecule has 1 heterocycles. The molecule has 0 aliphatic carbocycles. The molecule has 6 amide bonds. The topological polar surface area (TPSA) is 220 Å². The van der Waals surface area contributed by atoms with Gasteiger partial charge in [-0.3, -0.25) is 14.4 Å². The summed E-state index contributed by atoms with van der Waals surface area (Å²) in [6.07, 6.45) is 0.324. The number of nitrogens with one attached hydrogen (secondary N) is 5. The molecule has 1 fully saturated rings. The van der Waals surface area contributed by atoms with Crippen LogP contribution < -0.4 is 26.6 Å². The van der Waals surface area contributed by atoms with Gasteiger partial charge in [-0.2, -0.15) is 0 Å². The summed E-state index contributed by atoms with van der Waals surface area (Å²) < 4.78 is 21.1. The molecule has 17 nitrogen and oxygen atoms in total. The van der Waals surface area contributed by atoms with Crippen LogP contribution in [0.4, 0.5) is 14.4 Å². The standard InChI is InChI=1S/C42H66N6O11/c1-12-18-29(44-33(50)31(27-28-19-14-13-15-20-28)46-37(54)58-40(5,6)7)32(49)45-30(21-16-17-24-43-36(53)57-39(2,3)4)34(51)48-25-22-42(23-26-48,35(52)56-11)47-38(55)59-41(8,9)10/h12-15,19-20,29-31H,1,16-18,21-27H2,2-11H3,(H,43,53)(H,44,50)(H,45,49)(H,46,54)(H,47,55)/t29-,30-,31?/m1/s1. The van der Waals surface area contributed by atoms with E-state index < -0.39 is 82.4 Å². The van der Waals surface area contributed by atoms with Gasteiger partial charge in [0, 0.05) is 26.1 Å². The number of carbonyl (C=O) groups is 7. The predicted octanol–water partition coefficient (Wildman–Crippen LogP) is 4.42. The lowest BCUT2D eigenvalue weighted by Crippen LogP contribution is -2.63. The van der Waals surface area contributed by atoms with Crippen LogP contribution in [0.3, 0.4) is 0 Å². The van der Waals surface area contributed by atoms with E-state index in [1.54, 1.807) is 86.6 Å². The molecule has 1 saturated heterocycles. The summed E-state index contributed by atoms with van der Waals surface area (Å²) in [7, 11) is 1.21. The van der Waals surface area contributed by atoms with Gasteiger partial charge < -0.3 is 50.4 Å². The van der Waals surface area contributed by atoms with Gasteiger partial charge in [-0.15, -0.1) is 6.58 Å². The van der Waals surface area contributed by atoms with Crippen LogP contribution in [0.25, 0.3) is 0 Å². The highest BCUT2D eigenvalue weighted by atomic mass is 16.6. The summed E-state index contributed by atoms with van der Waals surface area (Å²) in [5.74, 6) is -2.48. The fraction of sp³-hybridized carbons (Fsp3) is 0.643. The zero-order valence-electron chi connectivity index (χ0n) is 36.4. The first-order valence-electron chi connectivity index (χ1n) is 20.0. The van der Waals surface area contributed by atoms with E-state index in [4.69, 9.17) is 18.9 Å². The van der Waals surface area contributed by atoms with E-state index in [0.717, 1.165) is 5.56 Å². The Bertz CT molecular complexity index is 1610. The third-order valence-electron chi connectivity index (χ3n) is 8.77. The summed E-state index contributed by atoms with van der Waals surface area (Å²) >= 11 is 0. The molecule has 5 N–H and O–H groups in total. The third kappa shape index (κ3) is 18.4. The molecule has 330 valence electrons. The number of alkyl carbamates (subject to hydrolysis) is 3. The second kappa shape index (κ2) is 22.1. The first-order valence-corrected chi connectivity index (χ1v) is 20.0. The van der Waals surface area contributed by atoms with Crippen LogP contribution in [0.15, 0.2) is 43.0 Å². The molecule has 2 rings (SSSR count). The van der Waals surface area contributed by atoms with Crippen LogP contribution in [0.2, 0.25) is 0 Å². The van der Waals surface area contributed by atoms with Crippen LogP contribution in [0.1, 0.15) is 106 Å². The quantitative estimate of drug-likeness (QED) is 0.0641. The number of amides is 6. The number of methoxy groups -OCH3 is 1. The molecule has 0 aromatic heterocycles. The van der Waals surface area contributed by atoms with Crippen LogP contribution in [-0.4, -0.2) is 114 Å². The number of ether oxygens (including phenoxy) is 4. The molecule has 0 spiro atoms. The van der Waals surface area contributed by atoms with Crippen molar-refractivity contribution in [3.8, 4) is 0 Å². The van der Waals surface area contributed by atoms with Gasteiger partial charge in [0.2, 0.25) is 17.7 Å². The lowest BCUT2D eigenvalue weighted by molar-refractivity contribution is -0.153. The molecule has 1 aromatic carbocycles. The average molecular weight is 831 g/mol. The van der Waals surface area contributed by atoms with Crippen LogP contribution in [-0.2, 0) is 44.5 Å². The van der Waals surface area contributed by atoms with Crippen molar-refractivity contribution in [3.63, 3.8) is 0 Å². The van der Waals surface area contributed by atoms with E-state index in [1.165, 1.54) is 18.1 Å². The number of hydrogen-bond donors (Lipinski definition) is 5. The molecule has 1 unspecified atom stereocenters. The number of piperidine rings is 1. The highest BCUT2D eigenvalue weighted by Gasteiger charge is 2.46. The van der Waals surface area contributed by atoms with Gasteiger partial charge in [0.15, 0.2) is 0 Å². The molecule has 17 heteroatoms. The molecular weight excluding hydrogens is 764 g/mol. The van der Waals surface area contributed by atoms with E-state index >= 15 is 0 Å². The van der Waals surface area contributed by atoms with Crippen LogP contribution in [0, 0.1) is 0 Å². The largest absolute Gasteiger partial charge is 0.467 e. The van der Waals surface area contributed by atoms with Crippen molar-refractivity contribution < 1.29 is 52.5 Å². The molecule has 3 atom stereocenters. The van der Waals surface area contributed by atoms with Gasteiger partial charge in [-0.05, 0) is 106 Å². The lowest BCUT2D eigenvalue weighted by atomic mass is 9.87. The van der Waals surface area contributed by atoms with Gasteiger partial charge in [0.25, 0.3) is 0 Å². The van der Waals surface area contributed by atoms with Gasteiger partial charge >= 0.3 is 24.2 Å². The summed E-state index contributed by atoms with van der Waals surface area (Å²) in [6.45, 7) is 19.4. The van der Waals surface area contributed by atoms with Gasteiger partial charge in [0.05, 0.1) is 7.11 Å². The normalized spacial score (nSPS) is 15.5. The Morgan fingerprint density at radius 1 is 0.729 bits per heavy atom. The molecular formula is C42H66N6O11. The summed E-state index contributed by atoms with van der Waals surface area (Å²) in [6, 6.07) is 5.62. The molecule has 1 aliphatic heterocycles. The SMILES string of the molecule is C=CC[C@@H](NC(=O)C(Cc1ccccc1)NC(=O)OC(C)(C)C)C(=O)N[C@H](CCCCNC(=O)OC(C)(C)C)C(=O)N1CCC(NC(=O)OC(C)(C)C)(C(=O)OC)CC1. The van der Waals surface area contributed by atoms with Crippen molar-refractivity contribution in [1.29, 1.82) is 0 Å². The molecule has 1 aromatic rings. The molecule has 0 radical (unpaired) electrons. The van der Waals surface area contributed by atoms with E-state index in [2.05, 4.69) is 33.2 Å². The zero-order chi connectivity index (χ0) is 44.6. The van der Waals surface area contributed by atoms with Crippen molar-refractivity contribution in [3.05, 3.63) is 48.6 Å². The first kappa shape index (κ1) is 49.8. The minimum atomic E-state index is -1.46. The smallest absolute Gasteiger partial charge is 0.408 e. The van der Waals surface area contributed by atoms with Crippen molar-refractivity contribution in [2.75, 3.05) is 26.7 Å². The Hall–Kier alpha value is -5.35. The third-order valence-corrected chi connectivity index (χ3v) is 8.77. The molecule has 0 bridgehead atoms. The summed E-state index contributed by atoms with van der Waals surface area (Å²) in [4.78, 5) is 94.2. The Balaban J connectivity index is 2.30. The first-order chi connectivity index (χ1) is 27.4. The lowest BCUT2D eigenvalue weighted by Gasteiger charge is -2.41. The fourth-order valence-electron chi connectivity index (χ4n) is 6.09. The monoisotopic (exact) mass is 830 g/mol. The fourth-order valence-corrected chi connectivity index (χ4v) is 6.09. The van der Waals surface area contributed by atoms with E-state index in [-0.39, 0.29) is 51.7 Å². The summed E-state index contributed by atoms with van der Waals surface area (Å²) in [5.41, 5.74) is -3.05. The maximum atomic E-state index is 14.2. The van der Waals surface area contributed by atoms with Crippen molar-refractivity contribution >= 4 is 42.0 Å².